The van der Waals surface area contributed by atoms with Gasteiger partial charge in [-0.25, -0.2) is 0 Å². The number of hydrogen-bond donors (Lipinski definition) is 1. The van der Waals surface area contributed by atoms with E-state index in [1.165, 1.54) is 102 Å². The van der Waals surface area contributed by atoms with Crippen molar-refractivity contribution in [1.29, 1.82) is 0 Å². The average molecular weight is 533 g/mol. The summed E-state index contributed by atoms with van der Waals surface area (Å²) in [5.41, 5.74) is 3.01. The van der Waals surface area contributed by atoms with Crippen LogP contribution in [0.2, 0.25) is 0 Å². The highest BCUT2D eigenvalue weighted by Crippen LogP contribution is 2.41. The van der Waals surface area contributed by atoms with Crippen molar-refractivity contribution in [3.63, 3.8) is 0 Å². The zero-order valence-corrected chi connectivity index (χ0v) is 26.7. The highest BCUT2D eigenvalue weighted by atomic mass is 16.5. The first-order valence-electron chi connectivity index (χ1n) is 15.8. The van der Waals surface area contributed by atoms with Crippen LogP contribution in [0.1, 0.15) is 181 Å². The molecule has 0 amide bonds. The van der Waals surface area contributed by atoms with Crippen molar-refractivity contribution in [2.24, 2.45) is 0 Å². The molecule has 38 heavy (non-hydrogen) atoms. The summed E-state index contributed by atoms with van der Waals surface area (Å²) in [5, 5.41) is 11.0. The van der Waals surface area contributed by atoms with Gasteiger partial charge in [0.05, 0.1) is 6.10 Å². The molecule has 1 N–H and O–H groups in total. The van der Waals surface area contributed by atoms with Gasteiger partial charge in [0.15, 0.2) is 0 Å². The van der Waals surface area contributed by atoms with Crippen LogP contribution in [0.25, 0.3) is 0 Å². The molecule has 3 heteroatoms. The minimum atomic E-state index is -0.103. The number of hydrogen-bond acceptors (Lipinski definition) is 3. The van der Waals surface area contributed by atoms with Crippen LogP contribution in [0.5, 0.6) is 5.75 Å². The van der Waals surface area contributed by atoms with Gasteiger partial charge in [-0.2, -0.15) is 0 Å². The Morgan fingerprint density at radius 3 is 1.29 bits per heavy atom. The molecule has 0 aliphatic rings. The number of phenols is 1. The van der Waals surface area contributed by atoms with Gasteiger partial charge in [0, 0.05) is 6.61 Å². The Morgan fingerprint density at radius 2 is 0.974 bits per heavy atom. The third-order valence-corrected chi connectivity index (χ3v) is 7.58. The molecular weight excluding hydrogens is 468 g/mol. The van der Waals surface area contributed by atoms with Crippen molar-refractivity contribution >= 4 is 6.79 Å². The highest BCUT2D eigenvalue weighted by molar-refractivity contribution is 5.50. The fraction of sp³-hybridized carbons (Fsp3) is 0.800. The Labute approximate surface area is 237 Å². The van der Waals surface area contributed by atoms with E-state index in [1.807, 2.05) is 6.79 Å². The van der Waals surface area contributed by atoms with Gasteiger partial charge in [-0.1, -0.05) is 145 Å². The van der Waals surface area contributed by atoms with Crippen molar-refractivity contribution in [3.05, 3.63) is 28.8 Å². The first-order chi connectivity index (χ1) is 18.0. The van der Waals surface area contributed by atoms with Crippen LogP contribution in [0.15, 0.2) is 12.1 Å². The summed E-state index contributed by atoms with van der Waals surface area (Å²) in [6, 6.07) is 4.31. The standard InChI is InChI=1S/C34H62O2.CH2O/c1-9-10-11-12-13-14-15-16-17-18-19-20-21-22-23-24-25-36-28(2)29-26-30(33(3,4)5)32(35)31(27-29)34(6,7)8;1-2/h26-28,35H,9-25H2,1-8H3;1H2. The second-order valence-corrected chi connectivity index (χ2v) is 13.3. The maximum absolute atomic E-state index is 11.0. The molecule has 1 aromatic carbocycles. The van der Waals surface area contributed by atoms with Crippen LogP contribution in [-0.2, 0) is 20.4 Å². The number of unbranched alkanes of at least 4 members (excludes halogenated alkanes) is 15. The molecule has 0 saturated carbocycles. The van der Waals surface area contributed by atoms with Gasteiger partial charge in [0.2, 0.25) is 0 Å². The van der Waals surface area contributed by atoms with Crippen LogP contribution >= 0.6 is 0 Å². The van der Waals surface area contributed by atoms with Crippen LogP contribution in [0, 0.1) is 0 Å². The number of aromatic hydroxyl groups is 1. The quantitative estimate of drug-likeness (QED) is 0.180. The van der Waals surface area contributed by atoms with E-state index in [0.717, 1.165) is 24.2 Å². The first kappa shape index (κ1) is 36.6. The monoisotopic (exact) mass is 532 g/mol. The summed E-state index contributed by atoms with van der Waals surface area (Å²) in [7, 11) is 0. The Balaban J connectivity index is 0.00000667. The average Bonchev–Trinajstić information content (AvgIpc) is 2.85. The van der Waals surface area contributed by atoms with Crippen molar-refractivity contribution in [2.45, 2.75) is 175 Å². The molecule has 1 atom stereocenters. The molecule has 1 aromatic rings. The molecule has 0 saturated heterocycles. The highest BCUT2D eigenvalue weighted by Gasteiger charge is 2.27. The summed E-state index contributed by atoms with van der Waals surface area (Å²) >= 11 is 0. The topological polar surface area (TPSA) is 46.5 Å². The molecule has 0 aliphatic heterocycles. The molecule has 0 heterocycles. The molecule has 222 valence electrons. The third-order valence-electron chi connectivity index (χ3n) is 7.58. The molecule has 0 aliphatic carbocycles. The molecule has 1 unspecified atom stereocenters. The van der Waals surface area contributed by atoms with Crippen molar-refractivity contribution in [3.8, 4) is 5.75 Å². The van der Waals surface area contributed by atoms with E-state index in [4.69, 9.17) is 9.53 Å². The Kier molecular flexibility index (Phi) is 19.8. The number of ether oxygens (including phenoxy) is 1. The lowest BCUT2D eigenvalue weighted by Gasteiger charge is -2.29. The maximum atomic E-state index is 11.0. The predicted octanol–water partition coefficient (Wildman–Crippen LogP) is 11.1. The van der Waals surface area contributed by atoms with E-state index in [9.17, 15) is 5.11 Å². The number of benzene rings is 1. The normalized spacial score (nSPS) is 12.7. The fourth-order valence-electron chi connectivity index (χ4n) is 5.04. The fourth-order valence-corrected chi connectivity index (χ4v) is 5.04. The minimum absolute atomic E-state index is 0.0455. The van der Waals surface area contributed by atoms with E-state index >= 15 is 0 Å². The predicted molar refractivity (Wildman–Crippen MR) is 167 cm³/mol. The molecule has 0 bridgehead atoms. The SMILES string of the molecule is C=O.CCCCCCCCCCCCCCCCCCOC(C)c1cc(C(C)(C)C)c(O)c(C(C)(C)C)c1. The van der Waals surface area contributed by atoms with E-state index < -0.39 is 0 Å². The number of rotatable bonds is 19. The van der Waals surface area contributed by atoms with Gasteiger partial charge in [0.1, 0.15) is 12.5 Å². The number of carbonyl (C=O) groups is 1. The van der Waals surface area contributed by atoms with E-state index in [2.05, 4.69) is 67.5 Å². The van der Waals surface area contributed by atoms with E-state index in [-0.39, 0.29) is 16.9 Å². The van der Waals surface area contributed by atoms with E-state index in [0.29, 0.717) is 5.75 Å². The van der Waals surface area contributed by atoms with Crippen molar-refractivity contribution in [1.82, 2.24) is 0 Å². The van der Waals surface area contributed by atoms with Crippen LogP contribution in [-0.4, -0.2) is 18.5 Å². The lowest BCUT2D eigenvalue weighted by Crippen LogP contribution is -2.18. The largest absolute Gasteiger partial charge is 0.507 e. The number of phenolic OH excluding ortho intramolecular Hbond substituents is 1. The minimum Gasteiger partial charge on any atom is -0.507 e. The second-order valence-electron chi connectivity index (χ2n) is 13.3. The van der Waals surface area contributed by atoms with Gasteiger partial charge in [-0.3, -0.25) is 0 Å². The first-order valence-corrected chi connectivity index (χ1v) is 15.8. The van der Waals surface area contributed by atoms with E-state index in [1.54, 1.807) is 0 Å². The summed E-state index contributed by atoms with van der Waals surface area (Å²) in [5.74, 6) is 0.448. The van der Waals surface area contributed by atoms with Gasteiger partial charge < -0.3 is 14.6 Å². The Bertz CT molecular complexity index is 676. The molecular formula is C35H64O3. The van der Waals surface area contributed by atoms with Crippen molar-refractivity contribution in [2.75, 3.05) is 6.61 Å². The lowest BCUT2D eigenvalue weighted by molar-refractivity contribution is -0.0980. The van der Waals surface area contributed by atoms with Crippen LogP contribution in [0.3, 0.4) is 0 Å². The zero-order chi connectivity index (χ0) is 29.0. The lowest BCUT2D eigenvalue weighted by atomic mass is 9.78. The molecule has 3 nitrogen and oxygen atoms in total. The summed E-state index contributed by atoms with van der Waals surface area (Å²) < 4.78 is 6.24. The smallest absolute Gasteiger partial charge is 0.123 e. The number of carbonyl (C=O) groups excluding carboxylic acids is 1. The Hall–Kier alpha value is -1.35. The molecule has 0 spiro atoms. The third kappa shape index (κ3) is 15.9. The van der Waals surface area contributed by atoms with Crippen LogP contribution in [0.4, 0.5) is 0 Å². The maximum Gasteiger partial charge on any atom is 0.123 e. The molecule has 1 rings (SSSR count). The zero-order valence-electron chi connectivity index (χ0n) is 26.7. The van der Waals surface area contributed by atoms with Gasteiger partial charge in [-0.15, -0.1) is 0 Å². The van der Waals surface area contributed by atoms with Crippen molar-refractivity contribution < 1.29 is 14.6 Å². The summed E-state index contributed by atoms with van der Waals surface area (Å²) in [6.07, 6.45) is 22.3. The van der Waals surface area contributed by atoms with Crippen LogP contribution < -0.4 is 0 Å². The summed E-state index contributed by atoms with van der Waals surface area (Å²) in [6.45, 7) is 20.3. The molecule has 0 fully saturated rings. The van der Waals surface area contributed by atoms with Gasteiger partial charge >= 0.3 is 0 Å². The molecule has 0 radical (unpaired) electrons. The Morgan fingerprint density at radius 1 is 0.658 bits per heavy atom. The van der Waals surface area contributed by atoms with Gasteiger partial charge in [-0.05, 0) is 53.0 Å². The molecule has 0 aromatic heterocycles. The second kappa shape index (κ2) is 20.5. The van der Waals surface area contributed by atoms with Gasteiger partial charge in [0.25, 0.3) is 0 Å². The summed E-state index contributed by atoms with van der Waals surface area (Å²) in [4.78, 5) is 8.00.